The van der Waals surface area contributed by atoms with Crippen molar-refractivity contribution >= 4 is 23.1 Å². The number of rotatable bonds is 3. The monoisotopic (exact) mass is 314 g/mol. The van der Waals surface area contributed by atoms with Gasteiger partial charge in [0, 0.05) is 30.4 Å². The Morgan fingerprint density at radius 3 is 3.18 bits per heavy atom. The number of anilines is 1. The van der Waals surface area contributed by atoms with Gasteiger partial charge in [0.2, 0.25) is 0 Å². The molecule has 5 nitrogen and oxygen atoms in total. The topological polar surface area (TPSA) is 58.1 Å². The molecular weight excluding hydrogens is 296 g/mol. The fraction of sp³-hybridized carbons (Fsp3) is 0.438. The molecule has 0 radical (unpaired) electrons. The van der Waals surface area contributed by atoms with Gasteiger partial charge < -0.3 is 10.2 Å². The molecule has 1 aliphatic heterocycles. The lowest BCUT2D eigenvalue weighted by Crippen LogP contribution is -2.37. The minimum absolute atomic E-state index is 0.0368. The summed E-state index contributed by atoms with van der Waals surface area (Å²) in [5, 5.41) is 5.07. The van der Waals surface area contributed by atoms with E-state index in [1.165, 1.54) is 29.0 Å². The van der Waals surface area contributed by atoms with Crippen LogP contribution in [-0.4, -0.2) is 35.0 Å². The van der Waals surface area contributed by atoms with Crippen molar-refractivity contribution in [2.24, 2.45) is 0 Å². The number of aryl methyl sites for hydroxylation is 1. The van der Waals surface area contributed by atoms with Gasteiger partial charge in [-0.25, -0.2) is 9.97 Å². The van der Waals surface area contributed by atoms with Gasteiger partial charge in [-0.1, -0.05) is 6.07 Å². The smallest absolute Gasteiger partial charge is 0.261 e. The highest BCUT2D eigenvalue weighted by Crippen LogP contribution is 2.29. The predicted octanol–water partition coefficient (Wildman–Crippen LogP) is 2.04. The first-order valence-electron chi connectivity index (χ1n) is 7.73. The van der Waals surface area contributed by atoms with Crippen molar-refractivity contribution in [3.63, 3.8) is 0 Å². The number of fused-ring (bicyclic) bond motifs is 1. The molecule has 3 heterocycles. The second-order valence-corrected chi connectivity index (χ2v) is 6.81. The van der Waals surface area contributed by atoms with Crippen LogP contribution in [0.25, 0.3) is 0 Å². The van der Waals surface area contributed by atoms with Gasteiger partial charge in [-0.2, -0.15) is 0 Å². The van der Waals surface area contributed by atoms with Crippen LogP contribution < -0.4 is 10.2 Å². The molecule has 1 atom stereocenters. The van der Waals surface area contributed by atoms with E-state index in [1.54, 1.807) is 6.33 Å². The Kier molecular flexibility index (Phi) is 3.54. The molecule has 1 fully saturated rings. The summed E-state index contributed by atoms with van der Waals surface area (Å²) in [7, 11) is 0. The number of hydrogen-bond donors (Lipinski definition) is 1. The average molecular weight is 314 g/mol. The molecule has 1 unspecified atom stereocenters. The standard InChI is InChI=1S/C16H18N4OS/c21-16(14-5-2-8-22-14)19-11-6-7-20(9-11)15-12-3-1-4-13(12)17-10-18-15/h2,5,8,10-11H,1,3-4,6-7,9H2,(H,19,21). The van der Waals surface area contributed by atoms with Gasteiger partial charge in [-0.3, -0.25) is 4.79 Å². The van der Waals surface area contributed by atoms with Crippen LogP contribution in [0.5, 0.6) is 0 Å². The summed E-state index contributed by atoms with van der Waals surface area (Å²) < 4.78 is 0. The van der Waals surface area contributed by atoms with E-state index in [9.17, 15) is 4.79 Å². The normalized spacial score (nSPS) is 20.2. The van der Waals surface area contributed by atoms with Crippen molar-refractivity contribution in [3.05, 3.63) is 40.0 Å². The van der Waals surface area contributed by atoms with Gasteiger partial charge >= 0.3 is 0 Å². The third-order valence-corrected chi connectivity index (χ3v) is 5.29. The van der Waals surface area contributed by atoms with Crippen LogP contribution in [0, 0.1) is 0 Å². The Hall–Kier alpha value is -1.95. The molecule has 0 bridgehead atoms. The number of aromatic nitrogens is 2. The van der Waals surface area contributed by atoms with Crippen LogP contribution in [0.4, 0.5) is 5.82 Å². The van der Waals surface area contributed by atoms with Crippen molar-refractivity contribution in [1.29, 1.82) is 0 Å². The quantitative estimate of drug-likeness (QED) is 0.942. The second kappa shape index (κ2) is 5.68. The van der Waals surface area contributed by atoms with Crippen LogP contribution in [0.15, 0.2) is 23.8 Å². The summed E-state index contributed by atoms with van der Waals surface area (Å²) in [6.07, 6.45) is 5.96. The van der Waals surface area contributed by atoms with Gasteiger partial charge in [0.1, 0.15) is 12.1 Å². The first-order valence-corrected chi connectivity index (χ1v) is 8.61. The molecule has 114 valence electrons. The highest BCUT2D eigenvalue weighted by atomic mass is 32.1. The largest absolute Gasteiger partial charge is 0.354 e. The average Bonchev–Trinajstić information content (AvgIpc) is 3.27. The first-order chi connectivity index (χ1) is 10.8. The SMILES string of the molecule is O=C(NC1CCN(c2ncnc3c2CCC3)C1)c1cccs1. The molecule has 1 N–H and O–H groups in total. The van der Waals surface area contributed by atoms with Gasteiger partial charge in [-0.15, -0.1) is 11.3 Å². The lowest BCUT2D eigenvalue weighted by Gasteiger charge is -2.20. The van der Waals surface area contributed by atoms with Crippen molar-refractivity contribution in [2.45, 2.75) is 31.7 Å². The van der Waals surface area contributed by atoms with E-state index in [0.29, 0.717) is 0 Å². The van der Waals surface area contributed by atoms with E-state index >= 15 is 0 Å². The predicted molar refractivity (Wildman–Crippen MR) is 86.5 cm³/mol. The molecule has 4 rings (SSSR count). The van der Waals surface area contributed by atoms with Crippen LogP contribution in [0.3, 0.4) is 0 Å². The number of carbonyl (C=O) groups excluding carboxylic acids is 1. The fourth-order valence-electron chi connectivity index (χ4n) is 3.35. The van der Waals surface area contributed by atoms with Crippen LogP contribution >= 0.6 is 11.3 Å². The van der Waals surface area contributed by atoms with Crippen LogP contribution in [-0.2, 0) is 12.8 Å². The molecule has 0 saturated carbocycles. The van der Waals surface area contributed by atoms with Crippen molar-refractivity contribution in [1.82, 2.24) is 15.3 Å². The van der Waals surface area contributed by atoms with Crippen molar-refractivity contribution < 1.29 is 4.79 Å². The summed E-state index contributed by atoms with van der Waals surface area (Å²) >= 11 is 1.48. The molecule has 2 aliphatic rings. The maximum atomic E-state index is 12.1. The summed E-state index contributed by atoms with van der Waals surface area (Å²) in [6, 6.07) is 3.97. The van der Waals surface area contributed by atoms with E-state index in [0.717, 1.165) is 43.0 Å². The molecule has 2 aromatic rings. The minimum Gasteiger partial charge on any atom is -0.354 e. The molecule has 0 spiro atoms. The van der Waals surface area contributed by atoms with E-state index in [1.807, 2.05) is 17.5 Å². The number of amides is 1. The Morgan fingerprint density at radius 2 is 2.32 bits per heavy atom. The summed E-state index contributed by atoms with van der Waals surface area (Å²) in [5.41, 5.74) is 2.52. The lowest BCUT2D eigenvalue weighted by atomic mass is 10.2. The number of nitrogens with one attached hydrogen (secondary N) is 1. The highest BCUT2D eigenvalue weighted by Gasteiger charge is 2.28. The molecule has 2 aromatic heterocycles. The zero-order chi connectivity index (χ0) is 14.9. The Bertz CT molecular complexity index is 685. The lowest BCUT2D eigenvalue weighted by molar-refractivity contribution is 0.0944. The minimum atomic E-state index is 0.0368. The molecule has 22 heavy (non-hydrogen) atoms. The van der Waals surface area contributed by atoms with Gasteiger partial charge in [-0.05, 0) is 37.1 Å². The molecule has 6 heteroatoms. The zero-order valence-corrected chi connectivity index (χ0v) is 13.1. The second-order valence-electron chi connectivity index (χ2n) is 5.86. The molecule has 1 amide bonds. The van der Waals surface area contributed by atoms with Crippen LogP contribution in [0.1, 0.15) is 33.8 Å². The molecule has 1 aliphatic carbocycles. The highest BCUT2D eigenvalue weighted by molar-refractivity contribution is 7.12. The molecular formula is C16H18N4OS. The van der Waals surface area contributed by atoms with E-state index < -0.39 is 0 Å². The molecule has 1 saturated heterocycles. The van der Waals surface area contributed by atoms with E-state index in [4.69, 9.17) is 0 Å². The van der Waals surface area contributed by atoms with Gasteiger partial charge in [0.05, 0.1) is 4.88 Å². The first kappa shape index (κ1) is 13.7. The number of nitrogens with zero attached hydrogens (tertiary/aromatic N) is 3. The molecule has 0 aromatic carbocycles. The van der Waals surface area contributed by atoms with Crippen LogP contribution in [0.2, 0.25) is 0 Å². The Labute approximate surface area is 133 Å². The number of hydrogen-bond acceptors (Lipinski definition) is 5. The van der Waals surface area contributed by atoms with Crippen molar-refractivity contribution in [2.75, 3.05) is 18.0 Å². The van der Waals surface area contributed by atoms with Crippen molar-refractivity contribution in [3.8, 4) is 0 Å². The summed E-state index contributed by atoms with van der Waals surface area (Å²) in [6.45, 7) is 1.78. The summed E-state index contributed by atoms with van der Waals surface area (Å²) in [5.74, 6) is 1.12. The Morgan fingerprint density at radius 1 is 1.36 bits per heavy atom. The fourth-order valence-corrected chi connectivity index (χ4v) is 3.98. The number of thiophene rings is 1. The maximum Gasteiger partial charge on any atom is 0.261 e. The zero-order valence-electron chi connectivity index (χ0n) is 12.3. The van der Waals surface area contributed by atoms with E-state index in [-0.39, 0.29) is 11.9 Å². The van der Waals surface area contributed by atoms with Gasteiger partial charge in [0.25, 0.3) is 5.91 Å². The Balaban J connectivity index is 1.45. The third kappa shape index (κ3) is 2.47. The number of carbonyl (C=O) groups is 1. The van der Waals surface area contributed by atoms with Gasteiger partial charge in [0.15, 0.2) is 0 Å². The maximum absolute atomic E-state index is 12.1. The van der Waals surface area contributed by atoms with E-state index in [2.05, 4.69) is 20.2 Å². The third-order valence-electron chi connectivity index (χ3n) is 4.42. The summed E-state index contributed by atoms with van der Waals surface area (Å²) in [4.78, 5) is 24.1.